The minimum absolute atomic E-state index is 0. The van der Waals surface area contributed by atoms with E-state index in [0.29, 0.717) is 6.42 Å². The fourth-order valence-electron chi connectivity index (χ4n) is 1.29. The lowest BCUT2D eigenvalue weighted by atomic mass is 10.1. The zero-order chi connectivity index (χ0) is 10.4. The Labute approximate surface area is 100 Å². The van der Waals surface area contributed by atoms with Gasteiger partial charge in [0.15, 0.2) is 0 Å². The van der Waals surface area contributed by atoms with Crippen molar-refractivity contribution in [3.63, 3.8) is 0 Å². The number of carbonyl (C=O) groups is 1. The summed E-state index contributed by atoms with van der Waals surface area (Å²) >= 11 is 0. The van der Waals surface area contributed by atoms with Crippen LogP contribution in [0.15, 0.2) is 30.3 Å². The van der Waals surface area contributed by atoms with Crippen molar-refractivity contribution >= 4 is 23.0 Å². The third-order valence-electron chi connectivity index (χ3n) is 2.14. The monoisotopic (exact) mass is 273 g/mol. The molecule has 0 heterocycles. The van der Waals surface area contributed by atoms with Crippen molar-refractivity contribution in [3.8, 4) is 0 Å². The predicted molar refractivity (Wildman–Crippen MR) is 65.3 cm³/mol. The van der Waals surface area contributed by atoms with Crippen LogP contribution in [0.4, 0.5) is 0 Å². The Morgan fingerprint density at radius 3 is 2.47 bits per heavy atom. The van der Waals surface area contributed by atoms with Crippen LogP contribution in [0.25, 0.3) is 0 Å². The molecule has 0 aliphatic heterocycles. The van der Waals surface area contributed by atoms with Gasteiger partial charge in [0.25, 0.3) is 0 Å². The lowest BCUT2D eigenvalue weighted by Gasteiger charge is -2.05. The Hall–Kier alpha value is -0.870. The van der Waals surface area contributed by atoms with E-state index < -0.39 is 12.0 Å². The lowest BCUT2D eigenvalue weighted by molar-refractivity contribution is -0.138. The predicted octanol–water partition coefficient (Wildman–Crippen LogP) is 2.00. The third kappa shape index (κ3) is 5.54. The molecule has 0 amide bonds. The summed E-state index contributed by atoms with van der Waals surface area (Å²) in [5.41, 5.74) is 6.61. The lowest BCUT2D eigenvalue weighted by Crippen LogP contribution is -2.29. The van der Waals surface area contributed by atoms with Gasteiger partial charge in [0.05, 0.1) is 0 Å². The van der Waals surface area contributed by atoms with Crippen LogP contribution in [0.5, 0.6) is 0 Å². The third-order valence-corrected chi connectivity index (χ3v) is 2.14. The van der Waals surface area contributed by atoms with Gasteiger partial charge in [-0.05, 0) is 24.8 Å². The molecule has 84 valence electrons. The molecule has 0 aliphatic rings. The average Bonchev–Trinajstić information content (AvgIpc) is 2.19. The largest absolute Gasteiger partial charge is 0.480 e. The van der Waals surface area contributed by atoms with E-state index in [-0.39, 0.29) is 17.0 Å². The van der Waals surface area contributed by atoms with E-state index in [2.05, 4.69) is 0 Å². The smallest absolute Gasteiger partial charge is 0.320 e. The van der Waals surface area contributed by atoms with Crippen LogP contribution in [0, 0.1) is 0 Å². The van der Waals surface area contributed by atoms with E-state index in [1.165, 1.54) is 5.56 Å². The Morgan fingerprint density at radius 2 is 1.93 bits per heavy atom. The first kappa shape index (κ1) is 14.1. The number of benzene rings is 1. The summed E-state index contributed by atoms with van der Waals surface area (Å²) in [5.74, 6) is -0.918. The molecule has 0 spiro atoms. The van der Waals surface area contributed by atoms with Crippen LogP contribution in [0.3, 0.4) is 0 Å². The normalized spacial score (nSPS) is 11.5. The van der Waals surface area contributed by atoms with Crippen LogP contribution in [-0.4, -0.2) is 17.1 Å². The first-order valence-corrected chi connectivity index (χ1v) is 4.72. The second-order valence-corrected chi connectivity index (χ2v) is 3.32. The number of carboxylic acid groups (broad SMARTS) is 1. The minimum Gasteiger partial charge on any atom is -0.480 e. The Kier molecular flexibility index (Phi) is 6.99. The van der Waals surface area contributed by atoms with E-state index in [9.17, 15) is 4.79 Å². The average molecular weight is 274 g/mol. The van der Waals surface area contributed by atoms with Gasteiger partial charge in [0.1, 0.15) is 6.04 Å². The highest BCUT2D eigenvalue weighted by Gasteiger charge is 2.09. The maximum absolute atomic E-state index is 10.4. The molecule has 1 rings (SSSR count). The van der Waals surface area contributed by atoms with Crippen molar-refractivity contribution in [1.82, 2.24) is 0 Å². The van der Waals surface area contributed by atoms with Gasteiger partial charge in [-0.25, -0.2) is 0 Å². The molecule has 0 radical (unpaired) electrons. The summed E-state index contributed by atoms with van der Waals surface area (Å²) < 4.78 is 0. The van der Waals surface area contributed by atoms with Crippen LogP contribution in [0.2, 0.25) is 0 Å². The first-order chi connectivity index (χ1) is 6.70. The molecule has 4 heteroatoms. The number of aliphatic carboxylic acids is 1. The maximum atomic E-state index is 10.4. The van der Waals surface area contributed by atoms with Gasteiger partial charge >= 0.3 is 5.97 Å². The molecule has 3 N–H and O–H groups in total. The highest BCUT2D eigenvalue weighted by molar-refractivity contribution is 8.93. The summed E-state index contributed by atoms with van der Waals surface area (Å²) in [4.78, 5) is 10.4. The molecule has 1 unspecified atom stereocenters. The number of nitrogens with two attached hydrogens (primary N) is 1. The highest BCUT2D eigenvalue weighted by atomic mass is 79.9. The number of carboxylic acids is 1. The van der Waals surface area contributed by atoms with Gasteiger partial charge in [0.2, 0.25) is 0 Å². The quantitative estimate of drug-likeness (QED) is 0.863. The van der Waals surface area contributed by atoms with Crippen molar-refractivity contribution in [2.75, 3.05) is 0 Å². The van der Waals surface area contributed by atoms with E-state index in [1.54, 1.807) is 0 Å². The summed E-state index contributed by atoms with van der Waals surface area (Å²) in [6.07, 6.45) is 2.24. The van der Waals surface area contributed by atoms with Gasteiger partial charge in [0, 0.05) is 0 Å². The van der Waals surface area contributed by atoms with Gasteiger partial charge in [-0.3, -0.25) is 4.79 Å². The molecule has 0 aliphatic carbocycles. The van der Waals surface area contributed by atoms with Gasteiger partial charge in [-0.15, -0.1) is 17.0 Å². The van der Waals surface area contributed by atoms with Crippen molar-refractivity contribution in [1.29, 1.82) is 0 Å². The first-order valence-electron chi connectivity index (χ1n) is 4.72. The summed E-state index contributed by atoms with van der Waals surface area (Å²) in [5, 5.41) is 8.55. The van der Waals surface area contributed by atoms with Crippen LogP contribution in [-0.2, 0) is 11.2 Å². The van der Waals surface area contributed by atoms with Gasteiger partial charge in [-0.1, -0.05) is 30.3 Å². The van der Waals surface area contributed by atoms with Gasteiger partial charge in [-0.2, -0.15) is 0 Å². The molecule has 1 atom stereocenters. The molecule has 0 saturated carbocycles. The fraction of sp³-hybridized carbons (Fsp3) is 0.364. The van der Waals surface area contributed by atoms with Gasteiger partial charge < -0.3 is 10.8 Å². The molecule has 0 aromatic heterocycles. The topological polar surface area (TPSA) is 63.3 Å². The molecule has 3 nitrogen and oxygen atoms in total. The van der Waals surface area contributed by atoms with Crippen LogP contribution < -0.4 is 5.73 Å². The molecular formula is C11H16BrNO2. The van der Waals surface area contributed by atoms with Crippen LogP contribution >= 0.6 is 17.0 Å². The number of aryl methyl sites for hydroxylation is 1. The molecule has 15 heavy (non-hydrogen) atoms. The van der Waals surface area contributed by atoms with E-state index in [4.69, 9.17) is 10.8 Å². The number of hydrogen-bond donors (Lipinski definition) is 2. The second kappa shape index (κ2) is 7.43. The number of rotatable bonds is 5. The van der Waals surface area contributed by atoms with Crippen molar-refractivity contribution < 1.29 is 9.90 Å². The molecule has 0 fully saturated rings. The van der Waals surface area contributed by atoms with Crippen molar-refractivity contribution in [3.05, 3.63) is 35.9 Å². The van der Waals surface area contributed by atoms with E-state index >= 15 is 0 Å². The van der Waals surface area contributed by atoms with Crippen molar-refractivity contribution in [2.24, 2.45) is 5.73 Å². The van der Waals surface area contributed by atoms with Crippen molar-refractivity contribution in [2.45, 2.75) is 25.3 Å². The SMILES string of the molecule is Br.NC(CCCc1ccccc1)C(=O)O. The number of hydrogen-bond acceptors (Lipinski definition) is 2. The Balaban J connectivity index is 0.00000196. The maximum Gasteiger partial charge on any atom is 0.320 e. The Morgan fingerprint density at radius 1 is 1.33 bits per heavy atom. The summed E-state index contributed by atoms with van der Waals surface area (Å²) in [6.45, 7) is 0. The minimum atomic E-state index is -0.918. The standard InChI is InChI=1S/C11H15NO2.BrH/c12-10(11(13)14)8-4-7-9-5-2-1-3-6-9;/h1-3,5-6,10H,4,7-8,12H2,(H,13,14);1H. The second-order valence-electron chi connectivity index (χ2n) is 3.32. The fourth-order valence-corrected chi connectivity index (χ4v) is 1.29. The van der Waals surface area contributed by atoms with Crippen LogP contribution in [0.1, 0.15) is 18.4 Å². The Bertz CT molecular complexity index is 290. The number of halogens is 1. The zero-order valence-electron chi connectivity index (χ0n) is 8.43. The molecule has 1 aromatic rings. The molecule has 1 aromatic carbocycles. The highest BCUT2D eigenvalue weighted by Crippen LogP contribution is 2.05. The van der Waals surface area contributed by atoms with E-state index in [1.807, 2.05) is 30.3 Å². The summed E-state index contributed by atoms with van der Waals surface area (Å²) in [6, 6.07) is 9.27. The zero-order valence-corrected chi connectivity index (χ0v) is 10.1. The molecule has 0 saturated heterocycles. The molecular weight excluding hydrogens is 258 g/mol. The van der Waals surface area contributed by atoms with E-state index in [0.717, 1.165) is 12.8 Å². The molecule has 0 bridgehead atoms. The summed E-state index contributed by atoms with van der Waals surface area (Å²) in [7, 11) is 0.